The van der Waals surface area contributed by atoms with Crippen LogP contribution >= 0.6 is 0 Å². The number of aliphatic imine (C=N–C) groups is 1. The summed E-state index contributed by atoms with van der Waals surface area (Å²) >= 11 is 0. The quantitative estimate of drug-likeness (QED) is 0.296. The predicted octanol–water partition coefficient (Wildman–Crippen LogP) is 3.85. The first-order valence-corrected chi connectivity index (χ1v) is 9.29. The molecule has 0 bridgehead atoms. The average molecular weight is 423 g/mol. The first-order valence-electron chi connectivity index (χ1n) is 9.29. The molecule has 2 rings (SSSR count). The van der Waals surface area contributed by atoms with Gasteiger partial charge in [0.1, 0.15) is 18.5 Å². The van der Waals surface area contributed by atoms with Gasteiger partial charge in [0.25, 0.3) is 6.26 Å². The number of rotatable bonds is 8. The fourth-order valence-electron chi connectivity index (χ4n) is 2.56. The molecule has 0 aliphatic rings. The molecule has 160 valence electrons. The molecule has 0 aliphatic carbocycles. The number of carbonyl (C=O) groups is 2. The van der Waals surface area contributed by atoms with Gasteiger partial charge in [-0.15, -0.1) is 5.26 Å². The third kappa shape index (κ3) is 7.31. The van der Waals surface area contributed by atoms with Crippen molar-refractivity contribution in [1.82, 2.24) is 0 Å². The highest BCUT2D eigenvalue weighted by molar-refractivity contribution is 5.85. The van der Waals surface area contributed by atoms with E-state index in [-0.39, 0.29) is 13.0 Å². The second-order valence-corrected chi connectivity index (χ2v) is 6.70. The van der Waals surface area contributed by atoms with Crippen LogP contribution in [0.25, 0.3) is 0 Å². The molecule has 1 amide bonds. The minimum Gasteiger partial charge on any atom is -0.461 e. The van der Waals surface area contributed by atoms with E-state index in [0.717, 1.165) is 11.1 Å². The molecule has 0 saturated carbocycles. The van der Waals surface area contributed by atoms with Crippen LogP contribution in [0.15, 0.2) is 41.4 Å². The minimum atomic E-state index is -0.745. The topological polar surface area (TPSA) is 127 Å². The lowest BCUT2D eigenvalue weighted by atomic mass is 10.1. The molecule has 0 saturated heterocycles. The Morgan fingerprint density at radius 2 is 1.90 bits per heavy atom. The third-order valence-electron chi connectivity index (χ3n) is 4.17. The predicted molar refractivity (Wildman–Crippen MR) is 111 cm³/mol. The lowest BCUT2D eigenvalue weighted by molar-refractivity contribution is -0.145. The molecule has 1 atom stereocenters. The SMILES string of the molecule is Cc1ccc(CC(=O)OCC(C)OC(=O)Nc2ccc(C)c(OC#N)c2)cc1N=C=O. The highest BCUT2D eigenvalue weighted by atomic mass is 16.6. The number of nitriles is 1. The summed E-state index contributed by atoms with van der Waals surface area (Å²) in [6.45, 7) is 5.00. The average Bonchev–Trinajstić information content (AvgIpc) is 2.72. The number of benzene rings is 2. The zero-order chi connectivity index (χ0) is 22.8. The second kappa shape index (κ2) is 11.1. The summed E-state index contributed by atoms with van der Waals surface area (Å²) < 4.78 is 15.1. The first-order chi connectivity index (χ1) is 14.8. The van der Waals surface area contributed by atoms with Gasteiger partial charge in [-0.2, -0.15) is 4.99 Å². The molecule has 2 aromatic carbocycles. The highest BCUT2D eigenvalue weighted by Gasteiger charge is 2.14. The molecule has 9 nitrogen and oxygen atoms in total. The molecule has 31 heavy (non-hydrogen) atoms. The monoisotopic (exact) mass is 423 g/mol. The van der Waals surface area contributed by atoms with Crippen molar-refractivity contribution < 1.29 is 28.6 Å². The molecule has 0 aliphatic heterocycles. The highest BCUT2D eigenvalue weighted by Crippen LogP contribution is 2.23. The van der Waals surface area contributed by atoms with Gasteiger partial charge in [0, 0.05) is 11.8 Å². The molecule has 0 heterocycles. The van der Waals surface area contributed by atoms with E-state index in [1.54, 1.807) is 57.4 Å². The fraction of sp³-hybridized carbons (Fsp3) is 0.273. The Labute approximate surface area is 179 Å². The van der Waals surface area contributed by atoms with E-state index < -0.39 is 18.2 Å². The number of nitrogens with one attached hydrogen (secondary N) is 1. The summed E-state index contributed by atoms with van der Waals surface area (Å²) in [7, 11) is 0. The molecule has 1 unspecified atom stereocenters. The number of isocyanates is 1. The van der Waals surface area contributed by atoms with Gasteiger partial charge in [0.05, 0.1) is 12.1 Å². The Balaban J connectivity index is 1.83. The number of nitrogens with zero attached hydrogens (tertiary/aromatic N) is 2. The number of ether oxygens (including phenoxy) is 3. The number of aryl methyl sites for hydroxylation is 2. The van der Waals surface area contributed by atoms with Gasteiger partial charge in [0.2, 0.25) is 6.08 Å². The van der Waals surface area contributed by atoms with Crippen LogP contribution in [0.5, 0.6) is 5.75 Å². The first kappa shape index (κ1) is 23.1. The van der Waals surface area contributed by atoms with E-state index in [9.17, 15) is 14.4 Å². The van der Waals surface area contributed by atoms with Gasteiger partial charge >= 0.3 is 12.1 Å². The standard InChI is InChI=1S/C22H21N3O6/c1-14-4-6-17(8-19(14)24-13-26)9-21(27)29-11-16(3)31-22(28)25-18-7-5-15(2)20(10-18)30-12-23/h4-8,10,16H,9,11H2,1-3H3,(H,25,28). The Morgan fingerprint density at radius 1 is 1.16 bits per heavy atom. The van der Waals surface area contributed by atoms with Crippen molar-refractivity contribution in [3.8, 4) is 12.0 Å². The van der Waals surface area contributed by atoms with Crippen LogP contribution in [0.2, 0.25) is 0 Å². The lowest BCUT2D eigenvalue weighted by Gasteiger charge is -2.15. The molecule has 1 N–H and O–H groups in total. The van der Waals surface area contributed by atoms with E-state index in [1.165, 1.54) is 12.1 Å². The molecule has 9 heteroatoms. The largest absolute Gasteiger partial charge is 0.461 e. The molecular formula is C22H21N3O6. The molecule has 0 fully saturated rings. The van der Waals surface area contributed by atoms with Crippen molar-refractivity contribution in [2.24, 2.45) is 4.99 Å². The zero-order valence-electron chi connectivity index (χ0n) is 17.3. The Morgan fingerprint density at radius 3 is 2.61 bits per heavy atom. The number of hydrogen-bond acceptors (Lipinski definition) is 8. The van der Waals surface area contributed by atoms with Crippen molar-refractivity contribution in [3.63, 3.8) is 0 Å². The van der Waals surface area contributed by atoms with Crippen LogP contribution in [0, 0.1) is 25.4 Å². The summed E-state index contributed by atoms with van der Waals surface area (Å²) in [6, 6.07) is 9.91. The summed E-state index contributed by atoms with van der Waals surface area (Å²) in [5.41, 5.74) is 2.98. The molecule has 0 spiro atoms. The number of anilines is 1. The normalized spacial score (nSPS) is 10.8. The van der Waals surface area contributed by atoms with Gasteiger partial charge in [-0.05, 0) is 49.6 Å². The van der Waals surface area contributed by atoms with Crippen molar-refractivity contribution in [2.45, 2.75) is 33.3 Å². The molecule has 0 aromatic heterocycles. The number of amides is 1. The Bertz CT molecular complexity index is 1050. The van der Waals surface area contributed by atoms with Gasteiger partial charge in [-0.1, -0.05) is 18.2 Å². The van der Waals surface area contributed by atoms with E-state index >= 15 is 0 Å². The van der Waals surface area contributed by atoms with Gasteiger partial charge < -0.3 is 14.2 Å². The summed E-state index contributed by atoms with van der Waals surface area (Å²) in [5, 5.41) is 11.2. The lowest BCUT2D eigenvalue weighted by Crippen LogP contribution is -2.25. The number of hydrogen-bond donors (Lipinski definition) is 1. The molecular weight excluding hydrogens is 402 g/mol. The zero-order valence-corrected chi connectivity index (χ0v) is 17.3. The summed E-state index contributed by atoms with van der Waals surface area (Å²) in [4.78, 5) is 38.1. The number of carbonyl (C=O) groups excluding carboxylic acids is 3. The maximum atomic E-state index is 12.1. The third-order valence-corrected chi connectivity index (χ3v) is 4.17. The van der Waals surface area contributed by atoms with Crippen LogP contribution in [0.3, 0.4) is 0 Å². The summed E-state index contributed by atoms with van der Waals surface area (Å²) in [6.07, 6.45) is 1.59. The maximum Gasteiger partial charge on any atom is 0.412 e. The van der Waals surface area contributed by atoms with Gasteiger partial charge in [-0.25, -0.2) is 9.59 Å². The van der Waals surface area contributed by atoms with E-state index in [1.807, 2.05) is 0 Å². The maximum absolute atomic E-state index is 12.1. The van der Waals surface area contributed by atoms with E-state index in [0.29, 0.717) is 22.7 Å². The van der Waals surface area contributed by atoms with Crippen LogP contribution < -0.4 is 10.1 Å². The van der Waals surface area contributed by atoms with Crippen molar-refractivity contribution in [3.05, 3.63) is 53.1 Å². The molecule has 0 radical (unpaired) electrons. The fourth-order valence-corrected chi connectivity index (χ4v) is 2.56. The second-order valence-electron chi connectivity index (χ2n) is 6.70. The van der Waals surface area contributed by atoms with Crippen LogP contribution in [-0.4, -0.2) is 30.9 Å². The van der Waals surface area contributed by atoms with E-state index in [4.69, 9.17) is 19.5 Å². The smallest absolute Gasteiger partial charge is 0.412 e. The molecule has 2 aromatic rings. The summed E-state index contributed by atoms with van der Waals surface area (Å²) in [5.74, 6) is -0.196. The van der Waals surface area contributed by atoms with E-state index in [2.05, 4.69) is 10.3 Å². The van der Waals surface area contributed by atoms with Gasteiger partial charge in [0.15, 0.2) is 0 Å². The van der Waals surface area contributed by atoms with Crippen LogP contribution in [-0.2, 0) is 25.5 Å². The van der Waals surface area contributed by atoms with Crippen molar-refractivity contribution >= 4 is 29.5 Å². The van der Waals surface area contributed by atoms with Crippen molar-refractivity contribution in [1.29, 1.82) is 5.26 Å². The van der Waals surface area contributed by atoms with Crippen LogP contribution in [0.1, 0.15) is 23.6 Å². The number of esters is 1. The Kier molecular flexibility index (Phi) is 8.31. The minimum absolute atomic E-state index is 0.0222. The van der Waals surface area contributed by atoms with Gasteiger partial charge in [-0.3, -0.25) is 10.1 Å². The van der Waals surface area contributed by atoms with Crippen LogP contribution in [0.4, 0.5) is 16.2 Å². The Hall–Kier alpha value is -4.15. The van der Waals surface area contributed by atoms with Crippen molar-refractivity contribution in [2.75, 3.05) is 11.9 Å².